The second-order valence-electron chi connectivity index (χ2n) is 8.97. The van der Waals surface area contributed by atoms with Crippen LogP contribution in [0.4, 0.5) is 16.2 Å². The van der Waals surface area contributed by atoms with Crippen LogP contribution in [0.25, 0.3) is 0 Å². The minimum Gasteiger partial charge on any atom is -0.467 e. The predicted octanol–water partition coefficient (Wildman–Crippen LogP) is 5.98. The first-order valence-corrected chi connectivity index (χ1v) is 14.7. The van der Waals surface area contributed by atoms with E-state index in [0.717, 1.165) is 0 Å². The molecule has 0 saturated heterocycles. The fourth-order valence-electron chi connectivity index (χ4n) is 3.98. The van der Waals surface area contributed by atoms with E-state index >= 15 is 0 Å². The summed E-state index contributed by atoms with van der Waals surface area (Å²) in [7, 11) is -2.50. The molecule has 0 heterocycles. The van der Waals surface area contributed by atoms with Crippen molar-refractivity contribution in [1.29, 1.82) is 0 Å². The Kier molecular flexibility index (Phi) is 9.84. The van der Waals surface area contributed by atoms with Crippen molar-refractivity contribution in [3.8, 4) is 0 Å². The Morgan fingerprint density at radius 3 is 1.88 bits per heavy atom. The minimum atomic E-state index is -3.70. The van der Waals surface area contributed by atoms with Crippen molar-refractivity contribution in [2.24, 2.45) is 0 Å². The van der Waals surface area contributed by atoms with Gasteiger partial charge in [0.05, 0.1) is 32.5 Å². The van der Waals surface area contributed by atoms with Crippen molar-refractivity contribution in [3.63, 3.8) is 0 Å². The Labute approximate surface area is 252 Å². The van der Waals surface area contributed by atoms with Gasteiger partial charge in [-0.2, -0.15) is 0 Å². The molecule has 3 amide bonds. The zero-order chi connectivity index (χ0) is 30.3. The Balaban J connectivity index is 1.38. The van der Waals surface area contributed by atoms with Crippen LogP contribution in [-0.4, -0.2) is 39.5 Å². The van der Waals surface area contributed by atoms with Crippen LogP contribution in [0.3, 0.4) is 0 Å². The second-order valence-corrected chi connectivity index (χ2v) is 11.7. The van der Waals surface area contributed by atoms with Crippen LogP contribution in [0.1, 0.15) is 15.9 Å². The monoisotopic (exact) mass is 625 g/mol. The number of urea groups is 1. The maximum Gasteiger partial charge on any atom is 0.328 e. The molecule has 0 aliphatic rings. The molecule has 0 aliphatic heterocycles. The van der Waals surface area contributed by atoms with Crippen LogP contribution in [-0.2, 0) is 25.8 Å². The van der Waals surface area contributed by atoms with Crippen molar-refractivity contribution in [1.82, 2.24) is 5.32 Å². The summed E-state index contributed by atoms with van der Waals surface area (Å²) in [5, 5.41) is 8.32. The standard InChI is InChI=1S/C30H25Cl2N3O6S/c1-41-29(37)26(18-19-10-12-20(13-11-19)33-28(36)27-24(31)8-5-9-25(27)32)35-30(38)34-21-14-16-23(17-15-21)42(39,40)22-6-3-2-4-7-22/h2-17,26H,18H2,1H3,(H,33,36)(H2,34,35,38). The first-order chi connectivity index (χ1) is 20.1. The molecule has 1 atom stereocenters. The minimum absolute atomic E-state index is 0.0710. The molecule has 216 valence electrons. The van der Waals surface area contributed by atoms with Crippen LogP contribution < -0.4 is 16.0 Å². The van der Waals surface area contributed by atoms with Gasteiger partial charge in [-0.3, -0.25) is 4.79 Å². The van der Waals surface area contributed by atoms with Crippen molar-refractivity contribution < 1.29 is 27.5 Å². The third kappa shape index (κ3) is 7.47. The number of carbonyl (C=O) groups excluding carboxylic acids is 3. The van der Waals surface area contributed by atoms with Crippen LogP contribution in [0, 0.1) is 0 Å². The number of benzene rings is 4. The predicted molar refractivity (Wildman–Crippen MR) is 161 cm³/mol. The molecule has 12 heteroatoms. The summed E-state index contributed by atoms with van der Waals surface area (Å²) in [5.41, 5.74) is 1.62. The number of hydrogen-bond donors (Lipinski definition) is 3. The number of ether oxygens (including phenoxy) is 1. The average Bonchev–Trinajstić information content (AvgIpc) is 2.98. The molecular weight excluding hydrogens is 601 g/mol. The van der Waals surface area contributed by atoms with Gasteiger partial charge in [-0.1, -0.05) is 59.6 Å². The lowest BCUT2D eigenvalue weighted by Crippen LogP contribution is -2.45. The molecule has 9 nitrogen and oxygen atoms in total. The normalized spacial score (nSPS) is 11.7. The highest BCUT2D eigenvalue weighted by molar-refractivity contribution is 7.91. The number of esters is 1. The van der Waals surface area contributed by atoms with E-state index in [1.54, 1.807) is 60.7 Å². The fourth-order valence-corrected chi connectivity index (χ4v) is 5.83. The largest absolute Gasteiger partial charge is 0.467 e. The first kappa shape index (κ1) is 30.6. The zero-order valence-corrected chi connectivity index (χ0v) is 24.5. The molecular formula is C30H25Cl2N3O6S. The van der Waals surface area contributed by atoms with E-state index in [-0.39, 0.29) is 31.8 Å². The molecule has 4 aromatic rings. The lowest BCUT2D eigenvalue weighted by molar-refractivity contribution is -0.142. The highest BCUT2D eigenvalue weighted by Gasteiger charge is 2.23. The SMILES string of the molecule is COC(=O)C(Cc1ccc(NC(=O)c2c(Cl)cccc2Cl)cc1)NC(=O)Nc1ccc(S(=O)(=O)c2ccccc2)cc1. The molecule has 0 bridgehead atoms. The van der Waals surface area contributed by atoms with Crippen LogP contribution >= 0.6 is 23.2 Å². The smallest absolute Gasteiger partial charge is 0.328 e. The number of hydrogen-bond acceptors (Lipinski definition) is 6. The van der Waals surface area contributed by atoms with Crippen LogP contribution in [0.2, 0.25) is 10.0 Å². The quantitative estimate of drug-likeness (QED) is 0.196. The van der Waals surface area contributed by atoms with Crippen LogP contribution in [0.5, 0.6) is 0 Å². The number of nitrogens with one attached hydrogen (secondary N) is 3. The van der Waals surface area contributed by atoms with Crippen molar-refractivity contribution in [2.75, 3.05) is 17.7 Å². The maximum absolute atomic E-state index is 12.8. The molecule has 0 fully saturated rings. The first-order valence-electron chi connectivity index (χ1n) is 12.5. The topological polar surface area (TPSA) is 131 Å². The maximum atomic E-state index is 12.8. The highest BCUT2D eigenvalue weighted by atomic mass is 35.5. The summed E-state index contributed by atoms with van der Waals surface area (Å²) >= 11 is 12.2. The molecule has 4 rings (SSSR count). The number of amides is 3. The summed E-state index contributed by atoms with van der Waals surface area (Å²) in [6, 6.07) is 23.3. The number of rotatable bonds is 9. The Hall–Kier alpha value is -4.38. The Morgan fingerprint density at radius 1 is 0.738 bits per heavy atom. The highest BCUT2D eigenvalue weighted by Crippen LogP contribution is 2.26. The molecule has 4 aromatic carbocycles. The van der Waals surface area contributed by atoms with Crippen molar-refractivity contribution in [2.45, 2.75) is 22.3 Å². The van der Waals surface area contributed by atoms with Gasteiger partial charge in [-0.05, 0) is 66.2 Å². The zero-order valence-electron chi connectivity index (χ0n) is 22.1. The average molecular weight is 627 g/mol. The van der Waals surface area contributed by atoms with Crippen LogP contribution in [0.15, 0.2) is 107 Å². The number of sulfone groups is 1. The van der Waals surface area contributed by atoms with Crippen molar-refractivity contribution >= 4 is 62.3 Å². The van der Waals surface area contributed by atoms with E-state index in [0.29, 0.717) is 16.9 Å². The number of methoxy groups -OCH3 is 1. The second kappa shape index (κ2) is 13.5. The van der Waals surface area contributed by atoms with Gasteiger partial charge in [0.15, 0.2) is 0 Å². The van der Waals surface area contributed by atoms with Gasteiger partial charge < -0.3 is 20.7 Å². The fraction of sp³-hybridized carbons (Fsp3) is 0.100. The summed E-state index contributed by atoms with van der Waals surface area (Å²) in [4.78, 5) is 38.0. The lowest BCUT2D eigenvalue weighted by atomic mass is 10.1. The number of anilines is 2. The molecule has 1 unspecified atom stereocenters. The van der Waals surface area contributed by atoms with E-state index in [2.05, 4.69) is 16.0 Å². The Morgan fingerprint density at radius 2 is 1.29 bits per heavy atom. The third-order valence-corrected chi connectivity index (χ3v) is 8.52. The molecule has 0 aromatic heterocycles. The van der Waals surface area contributed by atoms with Gasteiger partial charge in [-0.15, -0.1) is 0 Å². The Bertz CT molecular complexity index is 1680. The van der Waals surface area contributed by atoms with E-state index in [1.165, 1.54) is 43.5 Å². The molecule has 3 N–H and O–H groups in total. The van der Waals surface area contributed by atoms with Crippen molar-refractivity contribution in [3.05, 3.63) is 118 Å². The number of halogens is 2. The van der Waals surface area contributed by atoms with Gasteiger partial charge in [0, 0.05) is 17.8 Å². The molecule has 0 saturated carbocycles. The number of carbonyl (C=O) groups is 3. The van der Waals surface area contributed by atoms with Gasteiger partial charge in [0.1, 0.15) is 6.04 Å². The molecule has 0 spiro atoms. The molecule has 0 radical (unpaired) electrons. The van der Waals surface area contributed by atoms with Gasteiger partial charge in [-0.25, -0.2) is 18.0 Å². The lowest BCUT2D eigenvalue weighted by Gasteiger charge is -2.17. The third-order valence-electron chi connectivity index (χ3n) is 6.11. The van der Waals surface area contributed by atoms with Gasteiger partial charge >= 0.3 is 12.0 Å². The summed E-state index contributed by atoms with van der Waals surface area (Å²) < 4.78 is 30.4. The molecule has 42 heavy (non-hydrogen) atoms. The summed E-state index contributed by atoms with van der Waals surface area (Å²) in [6.45, 7) is 0. The van der Waals surface area contributed by atoms with E-state index in [9.17, 15) is 22.8 Å². The van der Waals surface area contributed by atoms with E-state index in [4.69, 9.17) is 27.9 Å². The van der Waals surface area contributed by atoms with Gasteiger partial charge in [0.2, 0.25) is 9.84 Å². The van der Waals surface area contributed by atoms with Gasteiger partial charge in [0.25, 0.3) is 5.91 Å². The summed E-state index contributed by atoms with van der Waals surface area (Å²) in [6.07, 6.45) is 0.0961. The van der Waals surface area contributed by atoms with E-state index < -0.39 is 33.8 Å². The van der Waals surface area contributed by atoms with E-state index in [1.807, 2.05) is 0 Å². The molecule has 0 aliphatic carbocycles. The summed E-state index contributed by atoms with van der Waals surface area (Å²) in [5.74, 6) is -1.14.